The van der Waals surface area contributed by atoms with Gasteiger partial charge in [0.1, 0.15) is 10.8 Å². The number of hydrogen-bond donors (Lipinski definition) is 2. The van der Waals surface area contributed by atoms with E-state index in [-0.39, 0.29) is 5.54 Å². The van der Waals surface area contributed by atoms with Gasteiger partial charge in [0.2, 0.25) is 0 Å². The smallest absolute Gasteiger partial charge is 0.136 e. The van der Waals surface area contributed by atoms with E-state index in [1.54, 1.807) is 6.20 Å². The molecule has 1 heterocycles. The van der Waals surface area contributed by atoms with E-state index in [1.165, 1.54) is 25.7 Å². The summed E-state index contributed by atoms with van der Waals surface area (Å²) in [5, 5.41) is 3.44. The Morgan fingerprint density at radius 1 is 1.47 bits per heavy atom. The van der Waals surface area contributed by atoms with Crippen LogP contribution in [0.2, 0.25) is 0 Å². The van der Waals surface area contributed by atoms with Gasteiger partial charge in [-0.2, -0.15) is 0 Å². The predicted octanol–water partition coefficient (Wildman–Crippen LogP) is 2.00. The van der Waals surface area contributed by atoms with Crippen molar-refractivity contribution in [3.05, 3.63) is 23.9 Å². The number of anilines is 1. The molecule has 19 heavy (non-hydrogen) atoms. The Labute approximate surface area is 120 Å². The van der Waals surface area contributed by atoms with E-state index in [0.29, 0.717) is 4.99 Å². The number of thiocarbonyl (C=S) groups is 1. The molecule has 1 aliphatic carbocycles. The summed E-state index contributed by atoms with van der Waals surface area (Å²) in [6.45, 7) is 0.882. The number of hydrogen-bond acceptors (Lipinski definition) is 4. The van der Waals surface area contributed by atoms with Gasteiger partial charge in [0, 0.05) is 18.3 Å². The number of aromatic nitrogens is 1. The van der Waals surface area contributed by atoms with Crippen molar-refractivity contribution in [2.75, 3.05) is 26.0 Å². The van der Waals surface area contributed by atoms with Crippen molar-refractivity contribution < 1.29 is 0 Å². The van der Waals surface area contributed by atoms with Crippen LogP contribution in [0, 0.1) is 0 Å². The minimum Gasteiger partial charge on any atom is -0.389 e. The molecule has 5 heteroatoms. The summed E-state index contributed by atoms with van der Waals surface area (Å²) in [7, 11) is 4.31. The van der Waals surface area contributed by atoms with Crippen LogP contribution in [0.3, 0.4) is 0 Å². The fraction of sp³-hybridized carbons (Fsp3) is 0.571. The zero-order valence-corrected chi connectivity index (χ0v) is 12.5. The number of nitrogens with two attached hydrogens (primary N) is 1. The third-order valence-electron chi connectivity index (χ3n) is 4.14. The van der Waals surface area contributed by atoms with E-state index in [9.17, 15) is 0 Å². The van der Waals surface area contributed by atoms with Gasteiger partial charge in [-0.3, -0.25) is 0 Å². The summed E-state index contributed by atoms with van der Waals surface area (Å²) in [6.07, 6.45) is 6.81. The average Bonchev–Trinajstić information content (AvgIpc) is 2.86. The highest BCUT2D eigenvalue weighted by Crippen LogP contribution is 2.34. The van der Waals surface area contributed by atoms with E-state index in [4.69, 9.17) is 18.0 Å². The molecule has 0 atom stereocenters. The molecule has 2 rings (SSSR count). The molecule has 0 aliphatic heterocycles. The maximum absolute atomic E-state index is 5.73. The third-order valence-corrected chi connectivity index (χ3v) is 4.36. The highest BCUT2D eigenvalue weighted by molar-refractivity contribution is 7.80. The molecule has 0 radical (unpaired) electrons. The largest absolute Gasteiger partial charge is 0.389 e. The Hall–Kier alpha value is -1.20. The Morgan fingerprint density at radius 2 is 2.16 bits per heavy atom. The summed E-state index contributed by atoms with van der Waals surface area (Å²) >= 11 is 5.07. The number of likely N-dealkylation sites (N-methyl/N-ethyl adjacent to an activating group) is 1. The monoisotopic (exact) mass is 278 g/mol. The highest BCUT2D eigenvalue weighted by atomic mass is 32.1. The highest BCUT2D eigenvalue weighted by Gasteiger charge is 2.35. The van der Waals surface area contributed by atoms with Crippen LogP contribution < -0.4 is 11.1 Å². The first kappa shape index (κ1) is 14.2. The van der Waals surface area contributed by atoms with Crippen LogP contribution in [-0.2, 0) is 0 Å². The third kappa shape index (κ3) is 3.04. The number of pyridine rings is 1. The average molecular weight is 278 g/mol. The van der Waals surface area contributed by atoms with Gasteiger partial charge in [-0.05, 0) is 39.1 Å². The lowest BCUT2D eigenvalue weighted by molar-refractivity contribution is 0.172. The lowest BCUT2D eigenvalue weighted by atomic mass is 9.96. The molecule has 0 spiro atoms. The minimum atomic E-state index is 0.227. The SMILES string of the molecule is CN(C)C1(CNc2ncccc2C(N)=S)CCCC1. The zero-order valence-electron chi connectivity index (χ0n) is 11.6. The normalized spacial score (nSPS) is 17.6. The molecule has 0 saturated heterocycles. The van der Waals surface area contributed by atoms with Gasteiger partial charge in [0.15, 0.2) is 0 Å². The van der Waals surface area contributed by atoms with E-state index in [2.05, 4.69) is 29.3 Å². The van der Waals surface area contributed by atoms with Crippen LogP contribution in [-0.4, -0.2) is 41.1 Å². The number of nitrogens with zero attached hydrogens (tertiary/aromatic N) is 2. The molecular formula is C14H22N4S. The van der Waals surface area contributed by atoms with Crippen LogP contribution in [0.25, 0.3) is 0 Å². The Morgan fingerprint density at radius 3 is 2.74 bits per heavy atom. The van der Waals surface area contributed by atoms with E-state index < -0.39 is 0 Å². The molecular weight excluding hydrogens is 256 g/mol. The first-order valence-electron chi connectivity index (χ1n) is 6.71. The van der Waals surface area contributed by atoms with Crippen molar-refractivity contribution in [3.8, 4) is 0 Å². The topological polar surface area (TPSA) is 54.2 Å². The van der Waals surface area contributed by atoms with Crippen molar-refractivity contribution in [1.82, 2.24) is 9.88 Å². The molecule has 4 nitrogen and oxygen atoms in total. The van der Waals surface area contributed by atoms with Crippen molar-refractivity contribution in [2.45, 2.75) is 31.2 Å². The van der Waals surface area contributed by atoms with Crippen LogP contribution in [0.4, 0.5) is 5.82 Å². The molecule has 1 aliphatic rings. The van der Waals surface area contributed by atoms with Gasteiger partial charge >= 0.3 is 0 Å². The zero-order chi connectivity index (χ0) is 13.9. The molecule has 104 valence electrons. The van der Waals surface area contributed by atoms with Crippen molar-refractivity contribution in [1.29, 1.82) is 0 Å². The van der Waals surface area contributed by atoms with Crippen LogP contribution >= 0.6 is 12.2 Å². The fourth-order valence-electron chi connectivity index (χ4n) is 2.81. The van der Waals surface area contributed by atoms with E-state index in [0.717, 1.165) is 17.9 Å². The van der Waals surface area contributed by atoms with Gasteiger partial charge in [-0.15, -0.1) is 0 Å². The van der Waals surface area contributed by atoms with E-state index in [1.807, 2.05) is 12.1 Å². The second-order valence-electron chi connectivity index (χ2n) is 5.44. The Bertz CT molecular complexity index is 453. The molecule has 0 aromatic carbocycles. The summed E-state index contributed by atoms with van der Waals surface area (Å²) in [5.41, 5.74) is 6.78. The van der Waals surface area contributed by atoms with Crippen LogP contribution in [0.15, 0.2) is 18.3 Å². The summed E-state index contributed by atoms with van der Waals surface area (Å²) in [6, 6.07) is 3.77. The second kappa shape index (κ2) is 5.84. The number of rotatable bonds is 5. The Balaban J connectivity index is 2.12. The van der Waals surface area contributed by atoms with Crippen molar-refractivity contribution in [2.24, 2.45) is 5.73 Å². The Kier molecular flexibility index (Phi) is 4.37. The molecule has 1 saturated carbocycles. The molecule has 3 N–H and O–H groups in total. The molecule has 0 bridgehead atoms. The molecule has 1 fully saturated rings. The predicted molar refractivity (Wildman–Crippen MR) is 83.5 cm³/mol. The van der Waals surface area contributed by atoms with Gasteiger partial charge in [-0.25, -0.2) is 4.98 Å². The quantitative estimate of drug-likeness (QED) is 0.807. The van der Waals surface area contributed by atoms with Crippen molar-refractivity contribution in [3.63, 3.8) is 0 Å². The standard InChI is InChI=1S/C14H22N4S/c1-18(2)14(7-3-4-8-14)10-17-13-11(12(15)19)6-5-9-16-13/h5-6,9H,3-4,7-8,10H2,1-2H3,(H2,15,19)(H,16,17). The lowest BCUT2D eigenvalue weighted by Gasteiger charge is -2.36. The van der Waals surface area contributed by atoms with Gasteiger partial charge in [-0.1, -0.05) is 25.1 Å². The van der Waals surface area contributed by atoms with E-state index >= 15 is 0 Å². The van der Waals surface area contributed by atoms with Crippen LogP contribution in [0.1, 0.15) is 31.2 Å². The second-order valence-corrected chi connectivity index (χ2v) is 5.88. The summed E-state index contributed by atoms with van der Waals surface area (Å²) in [4.78, 5) is 7.07. The molecule has 1 aromatic heterocycles. The molecule has 1 aromatic rings. The van der Waals surface area contributed by atoms with Gasteiger partial charge < -0.3 is 16.0 Å². The maximum atomic E-state index is 5.73. The lowest BCUT2D eigenvalue weighted by Crippen LogP contribution is -2.47. The maximum Gasteiger partial charge on any atom is 0.136 e. The number of nitrogens with one attached hydrogen (secondary N) is 1. The van der Waals surface area contributed by atoms with Crippen molar-refractivity contribution >= 4 is 23.0 Å². The van der Waals surface area contributed by atoms with Gasteiger partial charge in [0.25, 0.3) is 0 Å². The van der Waals surface area contributed by atoms with Gasteiger partial charge in [0.05, 0.1) is 5.56 Å². The summed E-state index contributed by atoms with van der Waals surface area (Å²) in [5.74, 6) is 0.795. The first-order valence-corrected chi connectivity index (χ1v) is 7.12. The van der Waals surface area contributed by atoms with Crippen LogP contribution in [0.5, 0.6) is 0 Å². The summed E-state index contributed by atoms with van der Waals surface area (Å²) < 4.78 is 0. The minimum absolute atomic E-state index is 0.227. The molecule has 0 amide bonds. The molecule has 0 unspecified atom stereocenters. The fourth-order valence-corrected chi connectivity index (χ4v) is 2.97. The first-order chi connectivity index (χ1) is 9.05.